The third-order valence-electron chi connectivity index (χ3n) is 5.28. The number of benzene rings is 3. The van der Waals surface area contributed by atoms with E-state index in [1.165, 1.54) is 27.8 Å². The molecule has 1 amide bonds. The highest BCUT2D eigenvalue weighted by atomic mass is 32.2. The second-order valence-electron chi connectivity index (χ2n) is 7.69. The minimum absolute atomic E-state index is 0.138. The van der Waals surface area contributed by atoms with E-state index in [0.29, 0.717) is 21.6 Å². The number of nitrogens with one attached hydrogen (secondary N) is 1. The van der Waals surface area contributed by atoms with Gasteiger partial charge < -0.3 is 4.74 Å². The number of nitrogens with zero attached hydrogens (tertiary/aromatic N) is 3. The predicted octanol–water partition coefficient (Wildman–Crippen LogP) is 4.11. The SMILES string of the molecule is Cc1ccc2c(c1)O[C@H](C(=O)Nc1nnc(-c3ccccc3)s1)CN2S(=O)(=O)c1ccccc1. The first-order valence-corrected chi connectivity index (χ1v) is 12.7. The van der Waals surface area contributed by atoms with Crippen LogP contribution >= 0.6 is 11.3 Å². The molecule has 1 aliphatic heterocycles. The van der Waals surface area contributed by atoms with Gasteiger partial charge in [0.15, 0.2) is 6.10 Å². The van der Waals surface area contributed by atoms with E-state index >= 15 is 0 Å². The Kier molecular flexibility index (Phi) is 5.76. The number of aromatic nitrogens is 2. The monoisotopic (exact) mass is 492 g/mol. The summed E-state index contributed by atoms with van der Waals surface area (Å²) in [4.78, 5) is 13.2. The van der Waals surface area contributed by atoms with E-state index in [2.05, 4.69) is 15.5 Å². The molecule has 4 aromatic rings. The van der Waals surface area contributed by atoms with Crippen LogP contribution in [-0.2, 0) is 14.8 Å². The number of carbonyl (C=O) groups excluding carboxylic acids is 1. The molecule has 1 atom stereocenters. The highest BCUT2D eigenvalue weighted by Crippen LogP contribution is 2.38. The van der Waals surface area contributed by atoms with E-state index in [9.17, 15) is 13.2 Å². The summed E-state index contributed by atoms with van der Waals surface area (Å²) in [6.07, 6.45) is -1.07. The Bertz CT molecular complexity index is 1440. The molecule has 172 valence electrons. The fraction of sp³-hybridized carbons (Fsp3) is 0.125. The van der Waals surface area contributed by atoms with E-state index in [4.69, 9.17) is 4.74 Å². The van der Waals surface area contributed by atoms with Crippen LogP contribution < -0.4 is 14.4 Å². The van der Waals surface area contributed by atoms with Crippen LogP contribution in [0.5, 0.6) is 5.75 Å². The second kappa shape index (κ2) is 8.88. The summed E-state index contributed by atoms with van der Waals surface area (Å²) in [6.45, 7) is 1.69. The lowest BCUT2D eigenvalue weighted by atomic mass is 10.1. The number of anilines is 2. The third kappa shape index (κ3) is 4.25. The van der Waals surface area contributed by atoms with Crippen molar-refractivity contribution in [3.8, 4) is 16.3 Å². The minimum Gasteiger partial charge on any atom is -0.476 e. The minimum atomic E-state index is -3.91. The zero-order valence-corrected chi connectivity index (χ0v) is 19.7. The molecule has 34 heavy (non-hydrogen) atoms. The van der Waals surface area contributed by atoms with E-state index in [0.717, 1.165) is 11.1 Å². The number of aryl methyl sites for hydroxylation is 1. The second-order valence-corrected chi connectivity index (χ2v) is 10.5. The van der Waals surface area contributed by atoms with Crippen molar-refractivity contribution < 1.29 is 17.9 Å². The maximum atomic E-state index is 13.4. The molecule has 1 aliphatic rings. The van der Waals surface area contributed by atoms with E-state index in [1.54, 1.807) is 30.3 Å². The topological polar surface area (TPSA) is 101 Å². The summed E-state index contributed by atoms with van der Waals surface area (Å²) >= 11 is 1.23. The van der Waals surface area contributed by atoms with Crippen LogP contribution in [-0.4, -0.2) is 37.2 Å². The average molecular weight is 493 g/mol. The van der Waals surface area contributed by atoms with Gasteiger partial charge in [-0.2, -0.15) is 0 Å². The van der Waals surface area contributed by atoms with E-state index in [1.807, 2.05) is 43.3 Å². The highest BCUT2D eigenvalue weighted by molar-refractivity contribution is 7.92. The number of carbonyl (C=O) groups is 1. The Hall–Kier alpha value is -3.76. The molecule has 5 rings (SSSR count). The Morgan fingerprint density at radius 2 is 1.74 bits per heavy atom. The number of fused-ring (bicyclic) bond motifs is 1. The van der Waals surface area contributed by atoms with Gasteiger partial charge in [0, 0.05) is 5.56 Å². The van der Waals surface area contributed by atoms with E-state index < -0.39 is 22.0 Å². The molecule has 10 heteroatoms. The molecular formula is C24H20N4O4S2. The molecule has 0 unspecified atom stereocenters. The van der Waals surface area contributed by atoms with Gasteiger partial charge in [0.1, 0.15) is 10.8 Å². The number of ether oxygens (including phenoxy) is 1. The number of hydrogen-bond acceptors (Lipinski definition) is 7. The largest absolute Gasteiger partial charge is 0.476 e. The Labute approximate surface area is 200 Å². The molecule has 0 saturated carbocycles. The summed E-state index contributed by atoms with van der Waals surface area (Å²) in [5.41, 5.74) is 2.16. The third-order valence-corrected chi connectivity index (χ3v) is 7.97. The zero-order valence-electron chi connectivity index (χ0n) is 18.1. The average Bonchev–Trinajstić information content (AvgIpc) is 3.32. The molecule has 8 nitrogen and oxygen atoms in total. The molecule has 1 aromatic heterocycles. The van der Waals surface area contributed by atoms with Gasteiger partial charge in [-0.15, -0.1) is 10.2 Å². The number of amides is 1. The fourth-order valence-electron chi connectivity index (χ4n) is 3.60. The lowest BCUT2D eigenvalue weighted by molar-refractivity contribution is -0.122. The summed E-state index contributed by atoms with van der Waals surface area (Å²) in [7, 11) is -3.91. The van der Waals surface area contributed by atoms with Crippen LogP contribution in [0.4, 0.5) is 10.8 Å². The lowest BCUT2D eigenvalue weighted by Crippen LogP contribution is -2.48. The van der Waals surface area contributed by atoms with Crippen molar-refractivity contribution in [3.05, 3.63) is 84.4 Å². The quantitative estimate of drug-likeness (QED) is 0.450. The summed E-state index contributed by atoms with van der Waals surface area (Å²) in [6, 6.07) is 22.8. The van der Waals surface area contributed by atoms with Crippen molar-refractivity contribution in [1.82, 2.24) is 10.2 Å². The zero-order chi connectivity index (χ0) is 23.7. The van der Waals surface area contributed by atoms with Crippen molar-refractivity contribution in [2.75, 3.05) is 16.2 Å². The Morgan fingerprint density at radius 3 is 2.47 bits per heavy atom. The van der Waals surface area contributed by atoms with Crippen LogP contribution in [0, 0.1) is 6.92 Å². The fourth-order valence-corrected chi connectivity index (χ4v) is 5.85. The summed E-state index contributed by atoms with van der Waals surface area (Å²) in [5, 5.41) is 11.9. The molecule has 0 bridgehead atoms. The molecule has 1 N–H and O–H groups in total. The van der Waals surface area contributed by atoms with Crippen molar-refractivity contribution >= 4 is 38.1 Å². The van der Waals surface area contributed by atoms with Crippen LogP contribution in [0.25, 0.3) is 10.6 Å². The van der Waals surface area contributed by atoms with Gasteiger partial charge >= 0.3 is 0 Å². The molecule has 3 aromatic carbocycles. The standard InChI is InChI=1S/C24H20N4O4S2/c1-16-12-13-19-20(14-16)32-21(15-28(19)34(30,31)18-10-6-3-7-11-18)22(29)25-24-27-26-23(33-24)17-8-4-2-5-9-17/h2-14,21H,15H2,1H3,(H,25,27,29)/t21-/m0/s1. The maximum absolute atomic E-state index is 13.4. The van der Waals surface area contributed by atoms with Gasteiger partial charge in [-0.1, -0.05) is 65.9 Å². The first-order valence-electron chi connectivity index (χ1n) is 10.5. The van der Waals surface area contributed by atoms with Crippen molar-refractivity contribution in [2.45, 2.75) is 17.9 Å². The molecule has 0 saturated heterocycles. The van der Waals surface area contributed by atoms with Gasteiger partial charge in [-0.25, -0.2) is 8.42 Å². The number of sulfonamides is 1. The highest BCUT2D eigenvalue weighted by Gasteiger charge is 2.38. The Balaban J connectivity index is 1.43. The van der Waals surface area contributed by atoms with Crippen molar-refractivity contribution in [3.63, 3.8) is 0 Å². The van der Waals surface area contributed by atoms with Gasteiger partial charge in [0.2, 0.25) is 5.13 Å². The van der Waals surface area contributed by atoms with Crippen LogP contribution in [0.3, 0.4) is 0 Å². The van der Waals surface area contributed by atoms with Gasteiger partial charge in [-0.05, 0) is 36.8 Å². The summed E-state index contributed by atoms with van der Waals surface area (Å²) in [5.74, 6) is -0.177. The molecule has 0 fully saturated rings. The summed E-state index contributed by atoms with van der Waals surface area (Å²) < 4.78 is 34.0. The number of hydrogen-bond donors (Lipinski definition) is 1. The van der Waals surface area contributed by atoms with Crippen molar-refractivity contribution in [1.29, 1.82) is 0 Å². The Morgan fingerprint density at radius 1 is 1.03 bits per heavy atom. The van der Waals surface area contributed by atoms with Crippen LogP contribution in [0.15, 0.2) is 83.8 Å². The van der Waals surface area contributed by atoms with Gasteiger partial charge in [-0.3, -0.25) is 14.4 Å². The normalized spacial score (nSPS) is 15.3. The number of rotatable bonds is 5. The van der Waals surface area contributed by atoms with Gasteiger partial charge in [0.25, 0.3) is 15.9 Å². The lowest BCUT2D eigenvalue weighted by Gasteiger charge is -2.34. The van der Waals surface area contributed by atoms with Crippen LogP contribution in [0.2, 0.25) is 0 Å². The van der Waals surface area contributed by atoms with E-state index in [-0.39, 0.29) is 11.4 Å². The first kappa shape index (κ1) is 22.1. The molecule has 0 spiro atoms. The first-order chi connectivity index (χ1) is 16.4. The maximum Gasteiger partial charge on any atom is 0.269 e. The molecular weight excluding hydrogens is 472 g/mol. The molecule has 2 heterocycles. The van der Waals surface area contributed by atoms with Crippen molar-refractivity contribution in [2.24, 2.45) is 0 Å². The van der Waals surface area contributed by atoms with Gasteiger partial charge in [0.05, 0.1) is 17.1 Å². The van der Waals surface area contributed by atoms with Crippen LogP contribution in [0.1, 0.15) is 5.56 Å². The smallest absolute Gasteiger partial charge is 0.269 e. The molecule has 0 radical (unpaired) electrons. The predicted molar refractivity (Wildman–Crippen MR) is 131 cm³/mol. The molecule has 0 aliphatic carbocycles.